The first-order valence-corrected chi connectivity index (χ1v) is 6.29. The predicted molar refractivity (Wildman–Crippen MR) is 75.5 cm³/mol. The molecule has 0 aliphatic rings. The largest absolute Gasteiger partial charge is 0.320 e. The summed E-state index contributed by atoms with van der Waals surface area (Å²) in [7, 11) is 0. The van der Waals surface area contributed by atoms with E-state index in [-0.39, 0.29) is 17.2 Å². The van der Waals surface area contributed by atoms with E-state index >= 15 is 0 Å². The van der Waals surface area contributed by atoms with Gasteiger partial charge in [-0.05, 0) is 24.1 Å². The topological polar surface area (TPSA) is 62.0 Å². The number of pyridine rings is 1. The number of anilines is 1. The summed E-state index contributed by atoms with van der Waals surface area (Å²) in [6, 6.07) is 12.2. The molecule has 1 amide bonds. The van der Waals surface area contributed by atoms with Crippen LogP contribution in [0.2, 0.25) is 0 Å². The number of benzene rings is 1. The molecule has 0 unspecified atom stereocenters. The first-order chi connectivity index (χ1) is 9.20. The SMILES string of the molecule is CCCc1ccccc1NC(=O)c1cccc(=O)[nH]1. The highest BCUT2D eigenvalue weighted by Crippen LogP contribution is 2.17. The first kappa shape index (κ1) is 13.1. The average molecular weight is 256 g/mol. The van der Waals surface area contributed by atoms with Gasteiger partial charge in [0.15, 0.2) is 0 Å². The van der Waals surface area contributed by atoms with Crippen molar-refractivity contribution in [3.05, 3.63) is 64.1 Å². The van der Waals surface area contributed by atoms with E-state index in [1.165, 1.54) is 6.07 Å². The third-order valence-corrected chi connectivity index (χ3v) is 2.80. The summed E-state index contributed by atoms with van der Waals surface area (Å²) >= 11 is 0. The molecule has 0 aliphatic heterocycles. The smallest absolute Gasteiger partial charge is 0.272 e. The standard InChI is InChI=1S/C15H16N2O2/c1-2-6-11-7-3-4-8-12(11)17-15(19)13-9-5-10-14(18)16-13/h3-5,7-10H,2,6H2,1H3,(H,16,18)(H,17,19). The zero-order chi connectivity index (χ0) is 13.7. The van der Waals surface area contributed by atoms with E-state index in [4.69, 9.17) is 0 Å². The zero-order valence-corrected chi connectivity index (χ0v) is 10.8. The maximum atomic E-state index is 12.0. The van der Waals surface area contributed by atoms with E-state index in [2.05, 4.69) is 17.2 Å². The Morgan fingerprint density at radius 2 is 1.95 bits per heavy atom. The molecule has 98 valence electrons. The molecule has 2 rings (SSSR count). The van der Waals surface area contributed by atoms with Gasteiger partial charge in [-0.1, -0.05) is 37.6 Å². The number of H-pyrrole nitrogens is 1. The molecule has 0 atom stereocenters. The van der Waals surface area contributed by atoms with Gasteiger partial charge in [-0.15, -0.1) is 0 Å². The van der Waals surface area contributed by atoms with Crippen LogP contribution < -0.4 is 10.9 Å². The van der Waals surface area contributed by atoms with Gasteiger partial charge in [0.1, 0.15) is 5.69 Å². The van der Waals surface area contributed by atoms with E-state index in [1.807, 2.05) is 24.3 Å². The van der Waals surface area contributed by atoms with Crippen molar-refractivity contribution in [2.24, 2.45) is 0 Å². The van der Waals surface area contributed by atoms with Crippen LogP contribution in [-0.2, 0) is 6.42 Å². The Morgan fingerprint density at radius 1 is 1.16 bits per heavy atom. The van der Waals surface area contributed by atoms with Gasteiger partial charge in [-0.3, -0.25) is 9.59 Å². The van der Waals surface area contributed by atoms with Crippen LogP contribution in [0.1, 0.15) is 29.4 Å². The Morgan fingerprint density at radius 3 is 2.68 bits per heavy atom. The summed E-state index contributed by atoms with van der Waals surface area (Å²) in [5.41, 5.74) is 1.86. The van der Waals surface area contributed by atoms with Crippen LogP contribution >= 0.6 is 0 Å². The number of aryl methyl sites for hydroxylation is 1. The molecule has 0 fully saturated rings. The van der Waals surface area contributed by atoms with Gasteiger partial charge >= 0.3 is 0 Å². The number of para-hydroxylation sites is 1. The molecule has 0 radical (unpaired) electrons. The van der Waals surface area contributed by atoms with Gasteiger partial charge < -0.3 is 10.3 Å². The number of carbonyl (C=O) groups is 1. The molecular formula is C15H16N2O2. The third kappa shape index (κ3) is 3.31. The van der Waals surface area contributed by atoms with Crippen LogP contribution in [0.25, 0.3) is 0 Å². The number of carbonyl (C=O) groups excluding carboxylic acids is 1. The van der Waals surface area contributed by atoms with E-state index in [9.17, 15) is 9.59 Å². The number of hydrogen-bond donors (Lipinski definition) is 2. The van der Waals surface area contributed by atoms with Gasteiger partial charge in [-0.2, -0.15) is 0 Å². The highest BCUT2D eigenvalue weighted by atomic mass is 16.2. The molecule has 1 aromatic carbocycles. The van der Waals surface area contributed by atoms with Crippen molar-refractivity contribution in [1.82, 2.24) is 4.98 Å². The van der Waals surface area contributed by atoms with Gasteiger partial charge in [0.25, 0.3) is 5.91 Å². The molecule has 1 aromatic heterocycles. The summed E-state index contributed by atoms with van der Waals surface area (Å²) in [6.07, 6.45) is 1.91. The van der Waals surface area contributed by atoms with Crippen LogP contribution in [0.5, 0.6) is 0 Å². The molecule has 0 bridgehead atoms. The molecule has 1 heterocycles. The van der Waals surface area contributed by atoms with Crippen molar-refractivity contribution >= 4 is 11.6 Å². The number of hydrogen-bond acceptors (Lipinski definition) is 2. The Bertz CT molecular complexity index is 632. The Hall–Kier alpha value is -2.36. The number of aromatic amines is 1. The molecule has 0 saturated heterocycles. The van der Waals surface area contributed by atoms with Crippen LogP contribution in [0, 0.1) is 0 Å². The number of aromatic nitrogens is 1. The second-order valence-corrected chi connectivity index (χ2v) is 4.29. The van der Waals surface area contributed by atoms with Crippen LogP contribution in [0.15, 0.2) is 47.3 Å². The van der Waals surface area contributed by atoms with Crippen molar-refractivity contribution < 1.29 is 4.79 Å². The Labute approximate surface area is 111 Å². The lowest BCUT2D eigenvalue weighted by Crippen LogP contribution is -2.18. The van der Waals surface area contributed by atoms with E-state index in [1.54, 1.807) is 12.1 Å². The summed E-state index contributed by atoms with van der Waals surface area (Å²) in [6.45, 7) is 2.09. The fourth-order valence-electron chi connectivity index (χ4n) is 1.90. The van der Waals surface area contributed by atoms with Crippen molar-refractivity contribution in [2.75, 3.05) is 5.32 Å². The molecule has 0 aliphatic carbocycles. The third-order valence-electron chi connectivity index (χ3n) is 2.80. The van der Waals surface area contributed by atoms with Gasteiger partial charge in [-0.25, -0.2) is 0 Å². The Balaban J connectivity index is 2.21. The van der Waals surface area contributed by atoms with Crippen LogP contribution in [0.3, 0.4) is 0 Å². The quantitative estimate of drug-likeness (QED) is 0.883. The van der Waals surface area contributed by atoms with Gasteiger partial charge in [0, 0.05) is 11.8 Å². The minimum Gasteiger partial charge on any atom is -0.320 e. The lowest BCUT2D eigenvalue weighted by molar-refractivity contribution is 0.102. The molecular weight excluding hydrogens is 240 g/mol. The monoisotopic (exact) mass is 256 g/mol. The van der Waals surface area contributed by atoms with E-state index in [0.717, 1.165) is 24.1 Å². The summed E-state index contributed by atoms with van der Waals surface area (Å²) < 4.78 is 0. The van der Waals surface area contributed by atoms with E-state index < -0.39 is 0 Å². The van der Waals surface area contributed by atoms with Crippen molar-refractivity contribution in [2.45, 2.75) is 19.8 Å². The highest BCUT2D eigenvalue weighted by molar-refractivity contribution is 6.03. The lowest BCUT2D eigenvalue weighted by Gasteiger charge is -2.10. The number of amides is 1. The minimum atomic E-state index is -0.304. The molecule has 0 spiro atoms. The van der Waals surface area contributed by atoms with E-state index in [0.29, 0.717) is 0 Å². The Kier molecular flexibility index (Phi) is 4.13. The summed E-state index contributed by atoms with van der Waals surface area (Å²) in [4.78, 5) is 25.7. The van der Waals surface area contributed by atoms with Gasteiger partial charge in [0.05, 0.1) is 0 Å². The first-order valence-electron chi connectivity index (χ1n) is 6.29. The second kappa shape index (κ2) is 6.00. The highest BCUT2D eigenvalue weighted by Gasteiger charge is 2.08. The van der Waals surface area contributed by atoms with Crippen molar-refractivity contribution in [3.63, 3.8) is 0 Å². The summed E-state index contributed by atoms with van der Waals surface area (Å²) in [5, 5.41) is 2.83. The fourth-order valence-corrected chi connectivity index (χ4v) is 1.90. The fraction of sp³-hybridized carbons (Fsp3) is 0.200. The maximum absolute atomic E-state index is 12.0. The van der Waals surface area contributed by atoms with Gasteiger partial charge in [0.2, 0.25) is 5.56 Å². The van der Waals surface area contributed by atoms with Crippen molar-refractivity contribution in [1.29, 1.82) is 0 Å². The molecule has 0 saturated carbocycles. The molecule has 2 aromatic rings. The van der Waals surface area contributed by atoms with Crippen molar-refractivity contribution in [3.8, 4) is 0 Å². The number of rotatable bonds is 4. The molecule has 19 heavy (non-hydrogen) atoms. The van der Waals surface area contributed by atoms with Crippen LogP contribution in [-0.4, -0.2) is 10.9 Å². The zero-order valence-electron chi connectivity index (χ0n) is 10.8. The maximum Gasteiger partial charge on any atom is 0.272 e. The normalized spacial score (nSPS) is 10.2. The molecule has 4 nitrogen and oxygen atoms in total. The minimum absolute atomic E-state index is 0.263. The second-order valence-electron chi connectivity index (χ2n) is 4.29. The molecule has 4 heteroatoms. The number of nitrogens with one attached hydrogen (secondary N) is 2. The predicted octanol–water partition coefficient (Wildman–Crippen LogP) is 2.58. The lowest BCUT2D eigenvalue weighted by atomic mass is 10.1. The van der Waals surface area contributed by atoms with Crippen LogP contribution in [0.4, 0.5) is 5.69 Å². The average Bonchev–Trinajstić information content (AvgIpc) is 2.41. The summed E-state index contributed by atoms with van der Waals surface area (Å²) in [5.74, 6) is -0.304. The molecule has 2 N–H and O–H groups in total.